The van der Waals surface area contributed by atoms with Gasteiger partial charge in [0.05, 0.1) is 98.0 Å². The first-order valence-electron chi connectivity index (χ1n) is 24.0. The number of ether oxygens (including phenoxy) is 4. The quantitative estimate of drug-likeness (QED) is 0.0252. The largest absolute Gasteiger partial charge is 0.480 e. The van der Waals surface area contributed by atoms with Crippen LogP contribution in [0.5, 0.6) is 0 Å². The Balaban J connectivity index is 6.58. The third-order valence-corrected chi connectivity index (χ3v) is 10.4. The minimum Gasteiger partial charge on any atom is -0.480 e. The first kappa shape index (κ1) is 72.2. The molecular formula is C43H70N10O27. The molecule has 0 saturated carbocycles. The van der Waals surface area contributed by atoms with Crippen LogP contribution in [-0.2, 0) is 86.1 Å². The van der Waals surface area contributed by atoms with Crippen LogP contribution in [0.4, 0.5) is 0 Å². The number of unbranched alkanes of at least 4 members (excludes halogenated alkanes) is 1. The highest BCUT2D eigenvalue weighted by Crippen LogP contribution is 2.12. The Hall–Kier alpha value is -7.78. The van der Waals surface area contributed by atoms with Gasteiger partial charge in [-0.2, -0.15) is 0 Å². The minimum absolute atomic E-state index is 0.0129. The Morgan fingerprint density at radius 2 is 0.675 bits per heavy atom. The molecule has 3 unspecified atom stereocenters. The highest BCUT2D eigenvalue weighted by atomic mass is 16.5. The fraction of sp³-hybridized carbons (Fsp3) is 0.674. The van der Waals surface area contributed by atoms with Crippen LogP contribution in [0.15, 0.2) is 0 Å². The number of nitrogens with one attached hydrogen (secondary N) is 5. The number of rotatable bonds is 50. The minimum atomic E-state index is -2.05. The number of hydrogen-bond donors (Lipinski definition) is 15. The molecule has 0 aliphatic carbocycles. The molecule has 0 aromatic heterocycles. The van der Waals surface area contributed by atoms with Crippen LogP contribution in [0.25, 0.3) is 0 Å². The molecule has 37 nitrogen and oxygen atoms in total. The number of nitrogens with zero attached hydrogens (tertiary/aromatic N) is 4. The summed E-state index contributed by atoms with van der Waals surface area (Å²) in [5.74, 6) is -20.2. The highest BCUT2D eigenvalue weighted by Gasteiger charge is 2.36. The van der Waals surface area contributed by atoms with Crippen molar-refractivity contribution >= 4 is 83.3 Å². The van der Waals surface area contributed by atoms with E-state index >= 15 is 0 Å². The first-order valence-corrected chi connectivity index (χ1v) is 24.0. The summed E-state index contributed by atoms with van der Waals surface area (Å²) in [6, 6.07) is -7.87. The average Bonchev–Trinajstić information content (AvgIpc) is 3.32. The van der Waals surface area contributed by atoms with Crippen molar-refractivity contribution in [3.8, 4) is 0 Å². The molecule has 0 bridgehead atoms. The van der Waals surface area contributed by atoms with Gasteiger partial charge >= 0.3 is 53.7 Å². The molecule has 0 radical (unpaired) electrons. The smallest absolute Gasteiger partial charge is 0.322 e. The van der Waals surface area contributed by atoms with Crippen molar-refractivity contribution in [3.05, 3.63) is 0 Å². The lowest BCUT2D eigenvalue weighted by Gasteiger charge is -2.32. The van der Waals surface area contributed by atoms with E-state index in [1.807, 2.05) is 0 Å². The molecule has 0 rings (SSSR count). The van der Waals surface area contributed by atoms with Crippen molar-refractivity contribution in [3.63, 3.8) is 0 Å². The summed E-state index contributed by atoms with van der Waals surface area (Å²) in [5.41, 5.74) is 5.31. The lowest BCUT2D eigenvalue weighted by atomic mass is 10.1. The molecule has 0 spiro atoms. The third-order valence-electron chi connectivity index (χ3n) is 10.4. The van der Waals surface area contributed by atoms with E-state index in [9.17, 15) is 113 Å². The van der Waals surface area contributed by atoms with E-state index in [1.54, 1.807) is 0 Å². The summed E-state index contributed by atoms with van der Waals surface area (Å²) in [6.07, 6.45) is -0.518. The van der Waals surface area contributed by atoms with Gasteiger partial charge in [0, 0.05) is 39.3 Å². The van der Waals surface area contributed by atoms with Gasteiger partial charge in [-0.1, -0.05) is 0 Å². The molecule has 0 aliphatic heterocycles. The predicted molar refractivity (Wildman–Crippen MR) is 261 cm³/mol. The fourth-order valence-corrected chi connectivity index (χ4v) is 6.87. The molecular weight excluding hydrogens is 1090 g/mol. The van der Waals surface area contributed by atoms with Crippen LogP contribution in [0, 0.1) is 0 Å². The topological polar surface area (TPSA) is 557 Å². The molecule has 0 aromatic carbocycles. The van der Waals surface area contributed by atoms with Gasteiger partial charge in [0.2, 0.25) is 29.5 Å². The zero-order valence-corrected chi connectivity index (χ0v) is 43.2. The summed E-state index contributed by atoms with van der Waals surface area (Å²) < 4.78 is 20.9. The van der Waals surface area contributed by atoms with Gasteiger partial charge in [0.25, 0.3) is 0 Å². The zero-order valence-electron chi connectivity index (χ0n) is 43.2. The van der Waals surface area contributed by atoms with Crippen molar-refractivity contribution in [1.82, 2.24) is 46.2 Å². The molecule has 0 fully saturated rings. The molecule has 5 amide bonds. The number of carbonyl (C=O) groups is 14. The van der Waals surface area contributed by atoms with Crippen LogP contribution in [-0.4, -0.2) is 317 Å². The summed E-state index contributed by atoms with van der Waals surface area (Å²) in [7, 11) is 0. The summed E-state index contributed by atoms with van der Waals surface area (Å²) in [4.78, 5) is 174. The van der Waals surface area contributed by atoms with E-state index in [4.69, 9.17) is 24.7 Å². The Morgan fingerprint density at radius 3 is 1.02 bits per heavy atom. The second kappa shape index (κ2) is 41.3. The first-order chi connectivity index (χ1) is 37.7. The molecule has 0 aromatic rings. The van der Waals surface area contributed by atoms with Gasteiger partial charge in [0.1, 0.15) is 31.3 Å². The lowest BCUT2D eigenvalue weighted by Crippen LogP contribution is -2.58. The SMILES string of the molecule is NCCOCCOCC(=O)NCCOCCOCC(=O)NCCCC[C@@H](C(=O)NCC(C(=O)O)N(CC(=O)O)CC(=O)O)N(CC(=O)NCC(C(=O)O)N(CC(=O)O)CC(=O)O)CC(=O)NCC(C(=O)O)N(CC(=O)O)CC(=O)O. The van der Waals surface area contributed by atoms with Crippen molar-refractivity contribution in [2.24, 2.45) is 5.73 Å². The molecule has 37 heteroatoms. The number of hydrogen-bond acceptors (Lipinski definition) is 23. The number of carboxylic acid groups (broad SMARTS) is 9. The Labute approximate surface area is 454 Å². The Morgan fingerprint density at radius 1 is 0.350 bits per heavy atom. The maximum absolute atomic E-state index is 14.2. The lowest BCUT2D eigenvalue weighted by molar-refractivity contribution is -0.152. The van der Waals surface area contributed by atoms with Crippen LogP contribution < -0.4 is 32.3 Å². The second-order valence-electron chi connectivity index (χ2n) is 16.7. The van der Waals surface area contributed by atoms with Crippen LogP contribution in [0.2, 0.25) is 0 Å². The third kappa shape index (κ3) is 34.9. The molecule has 0 aliphatic rings. The number of aliphatic carboxylic acids is 9. The van der Waals surface area contributed by atoms with E-state index in [0.29, 0.717) is 27.9 Å². The molecule has 80 heavy (non-hydrogen) atoms. The maximum Gasteiger partial charge on any atom is 0.322 e. The van der Waals surface area contributed by atoms with Crippen molar-refractivity contribution < 1.29 is 132 Å². The summed E-state index contributed by atoms with van der Waals surface area (Å²) in [5, 5.41) is 97.1. The van der Waals surface area contributed by atoms with E-state index in [2.05, 4.69) is 26.6 Å². The molecule has 4 atom stereocenters. The van der Waals surface area contributed by atoms with E-state index in [0.717, 1.165) is 4.90 Å². The zero-order chi connectivity index (χ0) is 60.7. The van der Waals surface area contributed by atoms with E-state index < -0.39 is 192 Å². The van der Waals surface area contributed by atoms with Gasteiger partial charge in [-0.15, -0.1) is 0 Å². The molecule has 454 valence electrons. The maximum atomic E-state index is 14.2. The van der Waals surface area contributed by atoms with Gasteiger partial charge in [-0.05, 0) is 19.3 Å². The van der Waals surface area contributed by atoms with Crippen molar-refractivity contribution in [1.29, 1.82) is 0 Å². The molecule has 0 heterocycles. The number of amides is 5. The van der Waals surface area contributed by atoms with Crippen LogP contribution in [0.3, 0.4) is 0 Å². The van der Waals surface area contributed by atoms with Gasteiger partial charge in [0.15, 0.2) is 0 Å². The summed E-state index contributed by atoms with van der Waals surface area (Å²) in [6.45, 7) is -11.5. The van der Waals surface area contributed by atoms with Gasteiger partial charge in [-0.25, -0.2) is 0 Å². The monoisotopic (exact) mass is 1160 g/mol. The second-order valence-corrected chi connectivity index (χ2v) is 16.7. The van der Waals surface area contributed by atoms with E-state index in [-0.39, 0.29) is 65.6 Å². The fourth-order valence-electron chi connectivity index (χ4n) is 6.87. The average molecular weight is 1160 g/mol. The van der Waals surface area contributed by atoms with Gasteiger partial charge in [-0.3, -0.25) is 86.7 Å². The van der Waals surface area contributed by atoms with Crippen molar-refractivity contribution in [2.45, 2.75) is 43.4 Å². The standard InChI is InChI=1S/C43H70N10O27/c44-4-7-77-9-11-79-25-33(57)46-6-8-78-10-12-80-24-32(56)45-5-2-1-3-26(40(70)49-15-29(43(75)76)53(22-38(66)67)23-39(68)69)50(16-30(54)47-13-27(41(71)72)51(18-34(58)59)19-35(60)61)17-31(55)48-14-28(42(73)74)52(20-36(62)63)21-37(64)65/h26-29H,1-25,44H2,(H,45,56)(H,46,57)(H,47,54)(H,48,55)(H,49,70)(H,58,59)(H,60,61)(H,62,63)(H,64,65)(H,66,67)(H,68,69)(H,71,72)(H,73,74)(H,75,76)/t26-,27?,28?,29?/m0/s1. The highest BCUT2D eigenvalue weighted by molar-refractivity contribution is 5.88. The number of carboxylic acids is 9. The predicted octanol–water partition coefficient (Wildman–Crippen LogP) is -8.79. The molecule has 16 N–H and O–H groups in total. The molecule has 0 saturated heterocycles. The number of carbonyl (C=O) groups excluding carboxylic acids is 5. The van der Waals surface area contributed by atoms with Gasteiger partial charge < -0.3 is 97.2 Å². The summed E-state index contributed by atoms with van der Waals surface area (Å²) >= 11 is 0. The normalized spacial score (nSPS) is 12.7. The Kier molecular flexibility index (Phi) is 37.3. The van der Waals surface area contributed by atoms with E-state index in [1.165, 1.54) is 0 Å². The van der Waals surface area contributed by atoms with Crippen LogP contribution in [0.1, 0.15) is 19.3 Å². The Bertz CT molecular complexity index is 1970. The number of nitrogens with two attached hydrogens (primary N) is 1. The van der Waals surface area contributed by atoms with Crippen LogP contribution >= 0.6 is 0 Å². The van der Waals surface area contributed by atoms with Crippen molar-refractivity contribution in [2.75, 3.05) is 144 Å².